The van der Waals surface area contributed by atoms with Crippen molar-refractivity contribution in [3.8, 4) is 0 Å². The molecule has 0 amide bonds. The number of benzene rings is 1. The number of rotatable bonds is 1. The molecule has 1 nitrogen and oxygen atoms in total. The van der Waals surface area contributed by atoms with E-state index in [1.165, 1.54) is 11.3 Å². The molecule has 14 heavy (non-hydrogen) atoms. The SMILES string of the molecule is Cc1cc(N)c2ccsc2c1C(F)F. The largest absolute Gasteiger partial charge is 0.398 e. The third-order valence-electron chi connectivity index (χ3n) is 2.24. The molecule has 0 aliphatic heterocycles. The Morgan fingerprint density at radius 2 is 2.14 bits per heavy atom. The fraction of sp³-hybridized carbons (Fsp3) is 0.200. The van der Waals surface area contributed by atoms with E-state index in [1.807, 2.05) is 0 Å². The molecule has 0 radical (unpaired) electrons. The minimum atomic E-state index is -2.43. The van der Waals surface area contributed by atoms with Gasteiger partial charge in [-0.1, -0.05) is 0 Å². The van der Waals surface area contributed by atoms with Gasteiger partial charge in [0.25, 0.3) is 6.43 Å². The van der Waals surface area contributed by atoms with Gasteiger partial charge in [0, 0.05) is 21.3 Å². The van der Waals surface area contributed by atoms with Gasteiger partial charge in [0.15, 0.2) is 0 Å². The number of halogens is 2. The lowest BCUT2D eigenvalue weighted by Gasteiger charge is -2.08. The zero-order valence-corrected chi connectivity index (χ0v) is 8.37. The Balaban J connectivity index is 2.86. The van der Waals surface area contributed by atoms with Crippen LogP contribution in [0.15, 0.2) is 17.5 Å². The second-order valence-electron chi connectivity index (χ2n) is 3.16. The minimum absolute atomic E-state index is 0.115. The molecule has 2 rings (SSSR count). The molecular weight excluding hydrogens is 204 g/mol. The molecule has 1 aromatic carbocycles. The number of hydrogen-bond donors (Lipinski definition) is 1. The molecule has 0 spiro atoms. The maximum Gasteiger partial charge on any atom is 0.265 e. The number of nitrogens with two attached hydrogens (primary N) is 1. The van der Waals surface area contributed by atoms with Crippen molar-refractivity contribution in [3.05, 3.63) is 28.6 Å². The van der Waals surface area contributed by atoms with Crippen molar-refractivity contribution in [2.75, 3.05) is 5.73 Å². The molecule has 0 bridgehead atoms. The summed E-state index contributed by atoms with van der Waals surface area (Å²) in [6.45, 7) is 1.66. The Hall–Kier alpha value is -1.16. The van der Waals surface area contributed by atoms with Crippen molar-refractivity contribution >= 4 is 27.1 Å². The van der Waals surface area contributed by atoms with Gasteiger partial charge >= 0.3 is 0 Å². The number of alkyl halides is 2. The van der Waals surface area contributed by atoms with E-state index in [9.17, 15) is 8.78 Å². The highest BCUT2D eigenvalue weighted by molar-refractivity contribution is 7.17. The van der Waals surface area contributed by atoms with E-state index < -0.39 is 6.43 Å². The first kappa shape index (κ1) is 9.40. The van der Waals surface area contributed by atoms with Crippen LogP contribution >= 0.6 is 11.3 Å². The van der Waals surface area contributed by atoms with Crippen LogP contribution in [0.4, 0.5) is 14.5 Å². The summed E-state index contributed by atoms with van der Waals surface area (Å²) >= 11 is 1.31. The van der Waals surface area contributed by atoms with Crippen LogP contribution in [-0.4, -0.2) is 0 Å². The third-order valence-corrected chi connectivity index (χ3v) is 3.18. The molecular formula is C10H9F2NS. The number of anilines is 1. The molecule has 2 N–H and O–H groups in total. The van der Waals surface area contributed by atoms with Gasteiger partial charge in [-0.05, 0) is 30.0 Å². The van der Waals surface area contributed by atoms with Gasteiger partial charge in [0.1, 0.15) is 0 Å². The fourth-order valence-corrected chi connectivity index (χ4v) is 2.61. The lowest BCUT2D eigenvalue weighted by Crippen LogP contribution is -1.94. The number of aryl methyl sites for hydroxylation is 1. The number of hydrogen-bond acceptors (Lipinski definition) is 2. The summed E-state index contributed by atoms with van der Waals surface area (Å²) in [6, 6.07) is 3.39. The van der Waals surface area contributed by atoms with E-state index >= 15 is 0 Å². The van der Waals surface area contributed by atoms with Crippen molar-refractivity contribution in [2.24, 2.45) is 0 Å². The topological polar surface area (TPSA) is 26.0 Å². The zero-order valence-electron chi connectivity index (χ0n) is 7.55. The van der Waals surface area contributed by atoms with Crippen molar-refractivity contribution < 1.29 is 8.78 Å². The van der Waals surface area contributed by atoms with Crippen LogP contribution in [0.25, 0.3) is 10.1 Å². The molecule has 0 fully saturated rings. The van der Waals surface area contributed by atoms with E-state index in [-0.39, 0.29) is 5.56 Å². The van der Waals surface area contributed by atoms with E-state index in [0.717, 1.165) is 5.39 Å². The average Bonchev–Trinajstić information content (AvgIpc) is 2.51. The molecule has 1 heterocycles. The van der Waals surface area contributed by atoms with Gasteiger partial charge in [-0.3, -0.25) is 0 Å². The Kier molecular flexibility index (Phi) is 2.15. The summed E-state index contributed by atoms with van der Waals surface area (Å²) < 4.78 is 26.1. The second kappa shape index (κ2) is 3.20. The standard InChI is InChI=1S/C10H9F2NS/c1-5-4-7(13)6-2-3-14-9(6)8(5)10(11)12/h2-4,10H,13H2,1H3. The van der Waals surface area contributed by atoms with E-state index in [4.69, 9.17) is 5.73 Å². The summed E-state index contributed by atoms with van der Waals surface area (Å²) in [6.07, 6.45) is -2.43. The van der Waals surface area contributed by atoms with Crippen LogP contribution in [0.5, 0.6) is 0 Å². The van der Waals surface area contributed by atoms with E-state index in [0.29, 0.717) is 16.0 Å². The summed E-state index contributed by atoms with van der Waals surface area (Å²) in [7, 11) is 0. The average molecular weight is 213 g/mol. The number of nitrogen functional groups attached to an aromatic ring is 1. The first-order valence-electron chi connectivity index (χ1n) is 4.15. The maximum absolute atomic E-state index is 12.7. The Labute approximate surface area is 84.2 Å². The lowest BCUT2D eigenvalue weighted by atomic mass is 10.1. The molecule has 0 atom stereocenters. The van der Waals surface area contributed by atoms with Crippen LogP contribution in [0.2, 0.25) is 0 Å². The highest BCUT2D eigenvalue weighted by atomic mass is 32.1. The molecule has 1 aromatic heterocycles. The minimum Gasteiger partial charge on any atom is -0.398 e. The predicted octanol–water partition coefficient (Wildman–Crippen LogP) is 3.73. The van der Waals surface area contributed by atoms with Crippen LogP contribution < -0.4 is 5.73 Å². The van der Waals surface area contributed by atoms with E-state index in [1.54, 1.807) is 24.4 Å². The van der Waals surface area contributed by atoms with Crippen LogP contribution in [0, 0.1) is 6.92 Å². The van der Waals surface area contributed by atoms with Gasteiger partial charge in [-0.15, -0.1) is 11.3 Å². The van der Waals surface area contributed by atoms with Crippen LogP contribution in [0.1, 0.15) is 17.6 Å². The van der Waals surface area contributed by atoms with Gasteiger partial charge in [-0.2, -0.15) is 0 Å². The summed E-state index contributed by atoms with van der Waals surface area (Å²) in [4.78, 5) is 0. The molecule has 0 saturated heterocycles. The predicted molar refractivity (Wildman–Crippen MR) is 55.9 cm³/mol. The Morgan fingerprint density at radius 3 is 2.79 bits per heavy atom. The van der Waals surface area contributed by atoms with Crippen molar-refractivity contribution in [1.82, 2.24) is 0 Å². The first-order valence-corrected chi connectivity index (χ1v) is 5.03. The smallest absolute Gasteiger partial charge is 0.265 e. The van der Waals surface area contributed by atoms with Crippen molar-refractivity contribution in [2.45, 2.75) is 13.3 Å². The van der Waals surface area contributed by atoms with Crippen molar-refractivity contribution in [1.29, 1.82) is 0 Å². The van der Waals surface area contributed by atoms with Crippen LogP contribution in [-0.2, 0) is 0 Å². The first-order chi connectivity index (χ1) is 6.61. The van der Waals surface area contributed by atoms with E-state index in [2.05, 4.69) is 0 Å². The normalized spacial score (nSPS) is 11.4. The van der Waals surface area contributed by atoms with Crippen molar-refractivity contribution in [3.63, 3.8) is 0 Å². The summed E-state index contributed by atoms with van der Waals surface area (Å²) in [5.74, 6) is 0. The molecule has 0 saturated carbocycles. The summed E-state index contributed by atoms with van der Waals surface area (Å²) in [5, 5.41) is 2.52. The summed E-state index contributed by atoms with van der Waals surface area (Å²) in [5.41, 5.74) is 6.98. The fourth-order valence-electron chi connectivity index (χ4n) is 1.58. The number of fused-ring (bicyclic) bond motifs is 1. The molecule has 4 heteroatoms. The molecule has 0 aliphatic carbocycles. The van der Waals surface area contributed by atoms with Gasteiger partial charge in [-0.25, -0.2) is 8.78 Å². The van der Waals surface area contributed by atoms with Crippen LogP contribution in [0.3, 0.4) is 0 Å². The quantitative estimate of drug-likeness (QED) is 0.717. The molecule has 74 valence electrons. The molecule has 0 unspecified atom stereocenters. The monoisotopic (exact) mass is 213 g/mol. The highest BCUT2D eigenvalue weighted by Crippen LogP contribution is 2.37. The van der Waals surface area contributed by atoms with Gasteiger partial charge in [0.2, 0.25) is 0 Å². The Bertz CT molecular complexity index is 476. The molecule has 2 aromatic rings. The van der Waals surface area contributed by atoms with Gasteiger partial charge in [0.05, 0.1) is 0 Å². The maximum atomic E-state index is 12.7. The zero-order chi connectivity index (χ0) is 10.3. The highest BCUT2D eigenvalue weighted by Gasteiger charge is 2.17. The second-order valence-corrected chi connectivity index (χ2v) is 4.08. The lowest BCUT2D eigenvalue weighted by molar-refractivity contribution is 0.152. The van der Waals surface area contributed by atoms with Gasteiger partial charge < -0.3 is 5.73 Å². The number of thiophene rings is 1. The Morgan fingerprint density at radius 1 is 1.43 bits per heavy atom. The third kappa shape index (κ3) is 1.26. The molecule has 0 aliphatic rings.